The summed E-state index contributed by atoms with van der Waals surface area (Å²) in [5, 5.41) is 9.16. The summed E-state index contributed by atoms with van der Waals surface area (Å²) in [7, 11) is 1.55. The molecule has 2 rings (SSSR count). The lowest BCUT2D eigenvalue weighted by Crippen LogP contribution is -2.42. The number of halogens is 1. The van der Waals surface area contributed by atoms with Crippen LogP contribution in [0.15, 0.2) is 54.6 Å². The number of rotatable bonds is 7. The van der Waals surface area contributed by atoms with Crippen molar-refractivity contribution in [3.8, 4) is 0 Å². The van der Waals surface area contributed by atoms with E-state index in [0.717, 1.165) is 11.1 Å². The zero-order valence-electron chi connectivity index (χ0n) is 14.3. The molecule has 0 radical (unpaired) electrons. The number of carbonyl (C=O) groups is 2. The van der Waals surface area contributed by atoms with Crippen LogP contribution in [0, 0.1) is 0 Å². The molecule has 0 saturated carbocycles. The Morgan fingerprint density at radius 1 is 1.00 bits per heavy atom. The second kappa shape index (κ2) is 9.20. The minimum absolute atomic E-state index is 0.0156. The van der Waals surface area contributed by atoms with E-state index in [-0.39, 0.29) is 24.4 Å². The Hall–Kier alpha value is -2.37. The van der Waals surface area contributed by atoms with Gasteiger partial charge in [-0.15, -0.1) is 0 Å². The smallest absolute Gasteiger partial charge is 0.246 e. The fourth-order valence-corrected chi connectivity index (χ4v) is 2.54. The van der Waals surface area contributed by atoms with Crippen molar-refractivity contribution in [2.45, 2.75) is 19.0 Å². The third-order valence-electron chi connectivity index (χ3n) is 3.89. The molecule has 25 heavy (non-hydrogen) atoms. The molecule has 0 fully saturated rings. The average molecular weight is 360 g/mol. The van der Waals surface area contributed by atoms with Gasteiger partial charge in [0.25, 0.3) is 0 Å². The predicted octanol–water partition coefficient (Wildman–Crippen LogP) is 2.59. The third-order valence-corrected chi connectivity index (χ3v) is 4.14. The van der Waals surface area contributed by atoms with Gasteiger partial charge in [-0.25, -0.2) is 0 Å². The van der Waals surface area contributed by atoms with Gasteiger partial charge in [-0.2, -0.15) is 0 Å². The Morgan fingerprint density at radius 2 is 1.64 bits per heavy atom. The first kappa shape index (κ1) is 19.0. The van der Waals surface area contributed by atoms with Crippen molar-refractivity contribution >= 4 is 23.4 Å². The number of amides is 2. The van der Waals surface area contributed by atoms with Crippen LogP contribution < -0.4 is 16.0 Å². The summed E-state index contributed by atoms with van der Waals surface area (Å²) in [6.45, 7) is 2.06. The first-order valence-electron chi connectivity index (χ1n) is 8.06. The lowest BCUT2D eigenvalue weighted by molar-refractivity contribution is -0.128. The van der Waals surface area contributed by atoms with E-state index in [2.05, 4.69) is 16.0 Å². The molecule has 0 bridgehead atoms. The Labute approximate surface area is 152 Å². The van der Waals surface area contributed by atoms with Crippen LogP contribution in [-0.2, 0) is 9.59 Å². The van der Waals surface area contributed by atoms with E-state index in [1.165, 1.54) is 0 Å². The molecule has 0 spiro atoms. The molecular formula is C19H22ClN3O2. The van der Waals surface area contributed by atoms with Gasteiger partial charge in [-0.05, 0) is 30.2 Å². The Morgan fingerprint density at radius 3 is 2.24 bits per heavy atom. The van der Waals surface area contributed by atoms with Gasteiger partial charge in [0.1, 0.15) is 6.04 Å². The normalized spacial score (nSPS) is 12.9. The van der Waals surface area contributed by atoms with E-state index in [1.807, 2.05) is 61.5 Å². The molecule has 0 aliphatic heterocycles. The summed E-state index contributed by atoms with van der Waals surface area (Å²) in [6, 6.07) is 15.9. The van der Waals surface area contributed by atoms with Crippen molar-refractivity contribution in [3.63, 3.8) is 0 Å². The van der Waals surface area contributed by atoms with E-state index in [0.29, 0.717) is 5.02 Å². The highest BCUT2D eigenvalue weighted by molar-refractivity contribution is 6.30. The van der Waals surface area contributed by atoms with Crippen molar-refractivity contribution in [1.29, 1.82) is 0 Å². The number of likely N-dealkylation sites (N-methyl/N-ethyl adjacent to an activating group) is 1. The molecule has 2 amide bonds. The zero-order valence-corrected chi connectivity index (χ0v) is 15.0. The second-order valence-electron chi connectivity index (χ2n) is 5.68. The highest BCUT2D eigenvalue weighted by atomic mass is 35.5. The van der Waals surface area contributed by atoms with E-state index >= 15 is 0 Å². The van der Waals surface area contributed by atoms with E-state index in [9.17, 15) is 9.59 Å². The molecule has 5 nitrogen and oxygen atoms in total. The quantitative estimate of drug-likeness (QED) is 0.711. The summed E-state index contributed by atoms with van der Waals surface area (Å²) in [5.41, 5.74) is 1.77. The Kier molecular flexibility index (Phi) is 6.98. The topological polar surface area (TPSA) is 70.2 Å². The van der Waals surface area contributed by atoms with Gasteiger partial charge in [-0.1, -0.05) is 54.1 Å². The van der Waals surface area contributed by atoms with Crippen LogP contribution in [0.25, 0.3) is 0 Å². The van der Waals surface area contributed by atoms with Crippen molar-refractivity contribution in [2.24, 2.45) is 0 Å². The highest BCUT2D eigenvalue weighted by Crippen LogP contribution is 2.16. The zero-order chi connectivity index (χ0) is 18.2. The lowest BCUT2D eigenvalue weighted by atomic mass is 10.1. The van der Waals surface area contributed by atoms with Gasteiger partial charge in [0.05, 0.1) is 6.54 Å². The van der Waals surface area contributed by atoms with Crippen molar-refractivity contribution in [1.82, 2.24) is 16.0 Å². The van der Waals surface area contributed by atoms with Crippen LogP contribution in [0.5, 0.6) is 0 Å². The molecule has 0 aromatic heterocycles. The van der Waals surface area contributed by atoms with Gasteiger partial charge in [-0.3, -0.25) is 9.59 Å². The minimum Gasteiger partial charge on any atom is -0.357 e. The van der Waals surface area contributed by atoms with Crippen LogP contribution in [0.4, 0.5) is 0 Å². The van der Waals surface area contributed by atoms with Gasteiger partial charge < -0.3 is 16.0 Å². The van der Waals surface area contributed by atoms with Crippen molar-refractivity contribution in [2.75, 3.05) is 13.6 Å². The van der Waals surface area contributed by atoms with Crippen LogP contribution in [-0.4, -0.2) is 25.4 Å². The largest absolute Gasteiger partial charge is 0.357 e. The standard InChI is InChI=1S/C19H22ClN3O2/c1-13(14-8-10-16(20)11-9-14)22-12-17(24)23-18(19(25)21-2)15-6-4-3-5-7-15/h3-11,13,18,22H,12H2,1-2H3,(H,21,25)(H,23,24)/t13-,18-/m1/s1. The summed E-state index contributed by atoms with van der Waals surface area (Å²) in [4.78, 5) is 24.3. The molecule has 6 heteroatoms. The SMILES string of the molecule is CNC(=O)[C@H](NC(=O)CN[C@H](C)c1ccc(Cl)cc1)c1ccccc1. The summed E-state index contributed by atoms with van der Waals surface area (Å²) < 4.78 is 0. The Bertz CT molecular complexity index is 704. The number of nitrogens with one attached hydrogen (secondary N) is 3. The van der Waals surface area contributed by atoms with Gasteiger partial charge >= 0.3 is 0 Å². The fraction of sp³-hybridized carbons (Fsp3) is 0.263. The molecule has 2 atom stereocenters. The molecule has 0 unspecified atom stereocenters. The van der Waals surface area contributed by atoms with Gasteiger partial charge in [0, 0.05) is 18.1 Å². The molecule has 0 aliphatic rings. The molecule has 3 N–H and O–H groups in total. The maximum atomic E-state index is 12.3. The van der Waals surface area contributed by atoms with Crippen LogP contribution in [0.3, 0.4) is 0 Å². The molecular weight excluding hydrogens is 338 g/mol. The second-order valence-corrected chi connectivity index (χ2v) is 6.12. The lowest BCUT2D eigenvalue weighted by Gasteiger charge is -2.19. The molecule has 2 aromatic carbocycles. The average Bonchev–Trinajstić information content (AvgIpc) is 2.64. The maximum Gasteiger partial charge on any atom is 0.246 e. The summed E-state index contributed by atoms with van der Waals surface area (Å²) in [5.74, 6) is -0.511. The highest BCUT2D eigenvalue weighted by Gasteiger charge is 2.21. The third kappa shape index (κ3) is 5.59. The fourth-order valence-electron chi connectivity index (χ4n) is 2.42. The molecule has 132 valence electrons. The van der Waals surface area contributed by atoms with Crippen LogP contribution >= 0.6 is 11.6 Å². The summed E-state index contributed by atoms with van der Waals surface area (Å²) in [6.07, 6.45) is 0. The van der Waals surface area contributed by atoms with E-state index in [1.54, 1.807) is 7.05 Å². The molecule has 0 saturated heterocycles. The van der Waals surface area contributed by atoms with Crippen LogP contribution in [0.2, 0.25) is 5.02 Å². The minimum atomic E-state index is -0.716. The molecule has 0 heterocycles. The number of benzene rings is 2. The molecule has 2 aromatic rings. The molecule has 0 aliphatic carbocycles. The first-order chi connectivity index (χ1) is 12.0. The van der Waals surface area contributed by atoms with E-state index in [4.69, 9.17) is 11.6 Å². The maximum absolute atomic E-state index is 12.3. The number of hydrogen-bond donors (Lipinski definition) is 3. The predicted molar refractivity (Wildman–Crippen MR) is 99.3 cm³/mol. The summed E-state index contributed by atoms with van der Waals surface area (Å²) >= 11 is 5.88. The van der Waals surface area contributed by atoms with Crippen molar-refractivity contribution < 1.29 is 9.59 Å². The Balaban J connectivity index is 1.95. The van der Waals surface area contributed by atoms with Gasteiger partial charge in [0.15, 0.2) is 0 Å². The number of hydrogen-bond acceptors (Lipinski definition) is 3. The van der Waals surface area contributed by atoms with E-state index < -0.39 is 6.04 Å². The van der Waals surface area contributed by atoms with Crippen LogP contribution in [0.1, 0.15) is 30.1 Å². The first-order valence-corrected chi connectivity index (χ1v) is 8.44. The van der Waals surface area contributed by atoms with Crippen molar-refractivity contribution in [3.05, 3.63) is 70.7 Å². The number of carbonyl (C=O) groups excluding carboxylic acids is 2. The van der Waals surface area contributed by atoms with Gasteiger partial charge in [0.2, 0.25) is 11.8 Å². The monoisotopic (exact) mass is 359 g/mol.